The molecular weight excluding hydrogens is 238 g/mol. The molecule has 0 spiro atoms. The predicted molar refractivity (Wildman–Crippen MR) is 78.5 cm³/mol. The normalized spacial score (nSPS) is 13.1. The molecule has 19 heavy (non-hydrogen) atoms. The van der Waals surface area contributed by atoms with Crippen molar-refractivity contribution in [1.29, 1.82) is 0 Å². The first-order valence-electron chi connectivity index (χ1n) is 6.65. The Balaban J connectivity index is 2.45. The molecule has 0 saturated carbocycles. The number of nitrogens with zero attached hydrogens (tertiary/aromatic N) is 3. The highest BCUT2D eigenvalue weighted by atomic mass is 16.1. The lowest BCUT2D eigenvalue weighted by Crippen LogP contribution is -2.35. The fraction of sp³-hybridized carbons (Fsp3) is 0.467. The summed E-state index contributed by atoms with van der Waals surface area (Å²) in [5.41, 5.74) is 1.91. The zero-order valence-electron chi connectivity index (χ0n) is 12.1. The molecule has 4 nitrogen and oxygen atoms in total. The zero-order valence-corrected chi connectivity index (χ0v) is 12.1. The van der Waals surface area contributed by atoms with Gasteiger partial charge in [0.15, 0.2) is 0 Å². The third-order valence-electron chi connectivity index (χ3n) is 3.59. The van der Waals surface area contributed by atoms with Crippen LogP contribution >= 0.6 is 0 Å². The van der Waals surface area contributed by atoms with Crippen molar-refractivity contribution in [2.45, 2.75) is 32.9 Å². The van der Waals surface area contributed by atoms with Crippen LogP contribution in [0.25, 0.3) is 10.9 Å². The molecule has 0 unspecified atom stereocenters. The minimum Gasteiger partial charge on any atom is -0.305 e. The minimum atomic E-state index is 0.0500. The molecule has 0 fully saturated rings. The fourth-order valence-corrected chi connectivity index (χ4v) is 2.29. The van der Waals surface area contributed by atoms with Gasteiger partial charge in [-0.25, -0.2) is 4.98 Å². The summed E-state index contributed by atoms with van der Waals surface area (Å²) in [7, 11) is 4.08. The Hall–Kier alpha value is -1.68. The van der Waals surface area contributed by atoms with Crippen LogP contribution in [0.5, 0.6) is 0 Å². The smallest absolute Gasteiger partial charge is 0.261 e. The van der Waals surface area contributed by atoms with Crippen molar-refractivity contribution >= 4 is 10.9 Å². The maximum atomic E-state index is 12.5. The van der Waals surface area contributed by atoms with E-state index in [2.05, 4.69) is 16.8 Å². The molecule has 0 bridgehead atoms. The van der Waals surface area contributed by atoms with Gasteiger partial charge in [0.05, 0.1) is 17.2 Å². The number of aromatic nitrogens is 2. The predicted octanol–water partition coefficient (Wildman–Crippen LogP) is 2.05. The highest BCUT2D eigenvalue weighted by molar-refractivity contribution is 5.77. The number of benzene rings is 1. The van der Waals surface area contributed by atoms with Gasteiger partial charge in [0.2, 0.25) is 0 Å². The standard InChI is InChI=1S/C15H21N3O/c1-5-12(17(3)4)9-18-10-16-14-7-6-11(2)8-13(14)15(18)19/h6-8,10,12H,5,9H2,1-4H3/t12-/m1/s1. The SMILES string of the molecule is CC[C@H](Cn1cnc2ccc(C)cc2c1=O)N(C)C. The summed E-state index contributed by atoms with van der Waals surface area (Å²) in [6, 6.07) is 6.15. The molecular formula is C15H21N3O. The van der Waals surface area contributed by atoms with Gasteiger partial charge in [0.25, 0.3) is 5.56 Å². The van der Waals surface area contributed by atoms with Crippen LogP contribution in [0, 0.1) is 6.92 Å². The first-order valence-corrected chi connectivity index (χ1v) is 6.65. The highest BCUT2D eigenvalue weighted by Gasteiger charge is 2.12. The summed E-state index contributed by atoms with van der Waals surface area (Å²) >= 11 is 0. The Bertz CT molecular complexity index is 631. The van der Waals surface area contributed by atoms with Gasteiger partial charge in [-0.2, -0.15) is 0 Å². The van der Waals surface area contributed by atoms with Crippen molar-refractivity contribution in [3.63, 3.8) is 0 Å². The van der Waals surface area contributed by atoms with Gasteiger partial charge < -0.3 is 4.90 Å². The van der Waals surface area contributed by atoms with Gasteiger partial charge >= 0.3 is 0 Å². The molecule has 2 aromatic rings. The maximum absolute atomic E-state index is 12.5. The van der Waals surface area contributed by atoms with E-state index in [0.29, 0.717) is 18.0 Å². The van der Waals surface area contributed by atoms with Crippen molar-refractivity contribution in [3.8, 4) is 0 Å². The Kier molecular flexibility index (Phi) is 4.00. The molecule has 0 aliphatic heterocycles. The molecule has 2 rings (SSSR count). The molecule has 0 aliphatic carbocycles. The Morgan fingerprint density at radius 3 is 2.74 bits per heavy atom. The van der Waals surface area contributed by atoms with Crippen LogP contribution < -0.4 is 5.56 Å². The molecule has 0 N–H and O–H groups in total. The number of hydrogen-bond donors (Lipinski definition) is 0. The molecule has 1 heterocycles. The first-order chi connectivity index (χ1) is 9.02. The highest BCUT2D eigenvalue weighted by Crippen LogP contribution is 2.09. The first kappa shape index (κ1) is 13.7. The van der Waals surface area contributed by atoms with Crippen LogP contribution in [0.15, 0.2) is 29.3 Å². The van der Waals surface area contributed by atoms with Crippen molar-refractivity contribution in [2.24, 2.45) is 0 Å². The molecule has 4 heteroatoms. The van der Waals surface area contributed by atoms with E-state index in [1.165, 1.54) is 0 Å². The van der Waals surface area contributed by atoms with E-state index in [9.17, 15) is 4.79 Å². The van der Waals surface area contributed by atoms with E-state index in [-0.39, 0.29) is 5.56 Å². The van der Waals surface area contributed by atoms with Gasteiger partial charge in [-0.1, -0.05) is 18.6 Å². The summed E-state index contributed by atoms with van der Waals surface area (Å²) in [6.45, 7) is 4.80. The van der Waals surface area contributed by atoms with Crippen molar-refractivity contribution in [3.05, 3.63) is 40.4 Å². The van der Waals surface area contributed by atoms with Crippen molar-refractivity contribution < 1.29 is 0 Å². The van der Waals surface area contributed by atoms with Crippen molar-refractivity contribution in [2.75, 3.05) is 14.1 Å². The second-order valence-electron chi connectivity index (χ2n) is 5.25. The molecule has 0 amide bonds. The monoisotopic (exact) mass is 259 g/mol. The average Bonchev–Trinajstić information content (AvgIpc) is 2.38. The lowest BCUT2D eigenvalue weighted by atomic mass is 10.1. The van der Waals surface area contributed by atoms with E-state index in [1.54, 1.807) is 10.9 Å². The number of aryl methyl sites for hydroxylation is 1. The van der Waals surface area contributed by atoms with Crippen LogP contribution in [0.3, 0.4) is 0 Å². The Labute approximate surface area is 113 Å². The topological polar surface area (TPSA) is 38.1 Å². The van der Waals surface area contributed by atoms with E-state index >= 15 is 0 Å². The second kappa shape index (κ2) is 5.53. The largest absolute Gasteiger partial charge is 0.305 e. The number of hydrogen-bond acceptors (Lipinski definition) is 3. The van der Waals surface area contributed by atoms with Crippen molar-refractivity contribution in [1.82, 2.24) is 14.5 Å². The number of rotatable bonds is 4. The van der Waals surface area contributed by atoms with E-state index < -0.39 is 0 Å². The summed E-state index contributed by atoms with van der Waals surface area (Å²) in [6.07, 6.45) is 2.66. The average molecular weight is 259 g/mol. The van der Waals surface area contributed by atoms with E-state index in [0.717, 1.165) is 17.5 Å². The van der Waals surface area contributed by atoms with Gasteiger partial charge in [0.1, 0.15) is 0 Å². The Morgan fingerprint density at radius 1 is 1.37 bits per heavy atom. The summed E-state index contributed by atoms with van der Waals surface area (Å²) in [5.74, 6) is 0. The van der Waals surface area contributed by atoms with Crippen LogP contribution in [0.4, 0.5) is 0 Å². The van der Waals surface area contributed by atoms with E-state index in [4.69, 9.17) is 0 Å². The van der Waals surface area contributed by atoms with Gasteiger partial charge in [0, 0.05) is 12.6 Å². The van der Waals surface area contributed by atoms with Crippen LogP contribution in [0.1, 0.15) is 18.9 Å². The van der Waals surface area contributed by atoms with Gasteiger partial charge in [-0.3, -0.25) is 9.36 Å². The molecule has 0 saturated heterocycles. The Morgan fingerprint density at radius 2 is 2.11 bits per heavy atom. The third-order valence-corrected chi connectivity index (χ3v) is 3.59. The van der Waals surface area contributed by atoms with Crippen LogP contribution in [-0.4, -0.2) is 34.6 Å². The minimum absolute atomic E-state index is 0.0500. The molecule has 0 radical (unpaired) electrons. The molecule has 1 aromatic heterocycles. The van der Waals surface area contributed by atoms with Crippen LogP contribution in [-0.2, 0) is 6.54 Å². The summed E-state index contributed by atoms with van der Waals surface area (Å²) < 4.78 is 1.72. The second-order valence-corrected chi connectivity index (χ2v) is 5.25. The lowest BCUT2D eigenvalue weighted by Gasteiger charge is -2.23. The van der Waals surface area contributed by atoms with E-state index in [1.807, 2.05) is 39.2 Å². The van der Waals surface area contributed by atoms with Gasteiger partial charge in [-0.05, 0) is 39.6 Å². The molecule has 0 aliphatic rings. The zero-order chi connectivity index (χ0) is 14.0. The fourth-order valence-electron chi connectivity index (χ4n) is 2.29. The quantitative estimate of drug-likeness (QED) is 0.843. The van der Waals surface area contributed by atoms with Gasteiger partial charge in [-0.15, -0.1) is 0 Å². The molecule has 1 aromatic carbocycles. The summed E-state index contributed by atoms with van der Waals surface area (Å²) in [5, 5.41) is 0.705. The number of likely N-dealkylation sites (N-methyl/N-ethyl adjacent to an activating group) is 1. The molecule has 1 atom stereocenters. The summed E-state index contributed by atoms with van der Waals surface area (Å²) in [4.78, 5) is 19.0. The van der Waals surface area contributed by atoms with Crippen LogP contribution in [0.2, 0.25) is 0 Å². The lowest BCUT2D eigenvalue weighted by molar-refractivity contribution is 0.255. The third kappa shape index (κ3) is 2.84. The number of fused-ring (bicyclic) bond motifs is 1. The molecule has 102 valence electrons. The maximum Gasteiger partial charge on any atom is 0.261 e.